The number of amides is 1. The second-order valence-corrected chi connectivity index (χ2v) is 8.41. The molecule has 2 heterocycles. The number of aromatic nitrogens is 2. The van der Waals surface area contributed by atoms with Crippen molar-refractivity contribution in [2.75, 3.05) is 27.8 Å². The van der Waals surface area contributed by atoms with Crippen LogP contribution in [0.15, 0.2) is 56.7 Å². The lowest BCUT2D eigenvalue weighted by molar-refractivity contribution is 0.0790. The number of rotatable bonds is 9. The first-order valence-corrected chi connectivity index (χ1v) is 11.4. The van der Waals surface area contributed by atoms with E-state index in [1.54, 1.807) is 26.2 Å². The van der Waals surface area contributed by atoms with Crippen molar-refractivity contribution in [3.63, 3.8) is 0 Å². The number of nitrogens with zero attached hydrogens (tertiary/aromatic N) is 3. The summed E-state index contributed by atoms with van der Waals surface area (Å²) in [6, 6.07) is 11.5. The van der Waals surface area contributed by atoms with Crippen molar-refractivity contribution >= 4 is 28.8 Å². The van der Waals surface area contributed by atoms with Gasteiger partial charge in [-0.3, -0.25) is 4.79 Å². The number of carbonyl (C=O) groups is 1. The average Bonchev–Trinajstić information content (AvgIpc) is 3.48. The molecule has 2 aromatic heterocycles. The Bertz CT molecular complexity index is 1270. The molecule has 0 spiro atoms. The van der Waals surface area contributed by atoms with Crippen molar-refractivity contribution < 1.29 is 23.1 Å². The molecule has 172 valence electrons. The van der Waals surface area contributed by atoms with Gasteiger partial charge in [-0.05, 0) is 42.7 Å². The lowest BCUT2D eigenvalue weighted by Crippen LogP contribution is -2.29. The fourth-order valence-electron chi connectivity index (χ4n) is 3.36. The maximum Gasteiger partial charge on any atom is 0.275 e. The number of methoxy groups -OCH3 is 2. The van der Waals surface area contributed by atoms with Gasteiger partial charge in [-0.2, -0.15) is 0 Å². The number of aryl methyl sites for hydroxylation is 1. The summed E-state index contributed by atoms with van der Waals surface area (Å²) in [7, 11) is 4.94. The van der Waals surface area contributed by atoms with Gasteiger partial charge in [0.15, 0.2) is 22.8 Å². The lowest BCUT2D eigenvalue weighted by atomic mass is 10.1. The molecule has 4 aromatic rings. The van der Waals surface area contributed by atoms with Crippen LogP contribution in [0.1, 0.15) is 27.5 Å². The van der Waals surface area contributed by atoms with Crippen LogP contribution >= 0.6 is 11.8 Å². The molecular formula is C24H25N3O5S. The predicted octanol–water partition coefficient (Wildman–Crippen LogP) is 4.75. The normalized spacial score (nSPS) is 11.0. The Kier molecular flexibility index (Phi) is 6.88. The zero-order valence-corrected chi connectivity index (χ0v) is 19.8. The second kappa shape index (κ2) is 9.99. The first-order chi connectivity index (χ1) is 16.0. The summed E-state index contributed by atoms with van der Waals surface area (Å²) in [5.74, 6) is 1.99. The number of benzene rings is 2. The van der Waals surface area contributed by atoms with Gasteiger partial charge in [0.05, 0.1) is 20.0 Å². The smallest absolute Gasteiger partial charge is 0.275 e. The summed E-state index contributed by atoms with van der Waals surface area (Å²) in [6.07, 6.45) is 2.06. The molecule has 0 aliphatic heterocycles. The predicted molar refractivity (Wildman–Crippen MR) is 125 cm³/mol. The minimum atomic E-state index is -0.201. The van der Waals surface area contributed by atoms with E-state index in [1.807, 2.05) is 43.3 Å². The first-order valence-electron chi connectivity index (χ1n) is 10.4. The quantitative estimate of drug-likeness (QED) is 0.326. The van der Waals surface area contributed by atoms with E-state index in [0.717, 1.165) is 22.2 Å². The van der Waals surface area contributed by atoms with E-state index in [-0.39, 0.29) is 11.6 Å². The van der Waals surface area contributed by atoms with Crippen molar-refractivity contribution in [3.8, 4) is 11.5 Å². The SMILES string of the molecule is COc1ccc(CCN(C)C(=O)c2coc(CSc3nc4c(C)cccc4o3)n2)cc1OC. The molecule has 9 heteroatoms. The van der Waals surface area contributed by atoms with Crippen LogP contribution < -0.4 is 9.47 Å². The molecule has 0 fully saturated rings. The molecule has 4 rings (SSSR count). The second-order valence-electron chi connectivity index (χ2n) is 7.48. The average molecular weight is 468 g/mol. The minimum Gasteiger partial charge on any atom is -0.493 e. The molecule has 33 heavy (non-hydrogen) atoms. The van der Waals surface area contributed by atoms with E-state index in [4.69, 9.17) is 18.3 Å². The molecule has 8 nitrogen and oxygen atoms in total. The molecule has 0 saturated carbocycles. The number of ether oxygens (including phenoxy) is 2. The zero-order valence-electron chi connectivity index (χ0n) is 19.0. The van der Waals surface area contributed by atoms with Gasteiger partial charge >= 0.3 is 0 Å². The summed E-state index contributed by atoms with van der Waals surface area (Å²) in [6.45, 7) is 2.51. The molecule has 2 aromatic carbocycles. The molecule has 0 unspecified atom stereocenters. The molecule has 0 radical (unpaired) electrons. The molecule has 0 aliphatic rings. The highest BCUT2D eigenvalue weighted by Gasteiger charge is 2.18. The van der Waals surface area contributed by atoms with Crippen molar-refractivity contribution in [1.82, 2.24) is 14.9 Å². The van der Waals surface area contributed by atoms with Crippen molar-refractivity contribution in [1.29, 1.82) is 0 Å². The third kappa shape index (κ3) is 5.14. The van der Waals surface area contributed by atoms with Gasteiger partial charge in [-0.15, -0.1) is 0 Å². The van der Waals surface area contributed by atoms with Gasteiger partial charge < -0.3 is 23.2 Å². The number of para-hydroxylation sites is 1. The Morgan fingerprint density at radius 1 is 1.12 bits per heavy atom. The summed E-state index contributed by atoms with van der Waals surface area (Å²) in [5.41, 5.74) is 3.96. The number of thioether (sulfide) groups is 1. The van der Waals surface area contributed by atoms with E-state index in [1.165, 1.54) is 18.0 Å². The molecule has 0 atom stereocenters. The zero-order chi connectivity index (χ0) is 23.4. The standard InChI is InChI=1S/C24H25N3O5S/c1-15-6-5-7-19-22(15)26-24(32-19)33-14-21-25-17(13-31-21)23(28)27(2)11-10-16-8-9-18(29-3)20(12-16)30-4/h5-9,12-13H,10-11,14H2,1-4H3. The first kappa shape index (κ1) is 22.7. The van der Waals surface area contributed by atoms with Gasteiger partial charge in [-0.25, -0.2) is 9.97 Å². The molecule has 0 bridgehead atoms. The van der Waals surface area contributed by atoms with Crippen LogP contribution in [0, 0.1) is 6.92 Å². The van der Waals surface area contributed by atoms with Crippen molar-refractivity contribution in [2.45, 2.75) is 24.3 Å². The van der Waals surface area contributed by atoms with Crippen LogP contribution in [0.25, 0.3) is 11.1 Å². The maximum atomic E-state index is 12.8. The van der Waals surface area contributed by atoms with E-state index in [0.29, 0.717) is 41.3 Å². The van der Waals surface area contributed by atoms with E-state index < -0.39 is 0 Å². The third-order valence-electron chi connectivity index (χ3n) is 5.22. The highest BCUT2D eigenvalue weighted by molar-refractivity contribution is 7.98. The van der Waals surface area contributed by atoms with Gasteiger partial charge in [0.2, 0.25) is 5.89 Å². The summed E-state index contributed by atoms with van der Waals surface area (Å²) < 4.78 is 21.9. The third-order valence-corrected chi connectivity index (χ3v) is 6.03. The highest BCUT2D eigenvalue weighted by Crippen LogP contribution is 2.29. The van der Waals surface area contributed by atoms with Gasteiger partial charge in [-0.1, -0.05) is 30.0 Å². The fraction of sp³-hybridized carbons (Fsp3) is 0.292. The van der Waals surface area contributed by atoms with Crippen LogP contribution in [-0.2, 0) is 12.2 Å². The number of oxazole rings is 2. The Balaban J connectivity index is 1.33. The minimum absolute atomic E-state index is 0.201. The summed E-state index contributed by atoms with van der Waals surface area (Å²) in [5, 5.41) is 0.539. The Hall–Kier alpha value is -3.46. The molecular weight excluding hydrogens is 442 g/mol. The fourth-order valence-corrected chi connectivity index (χ4v) is 4.04. The lowest BCUT2D eigenvalue weighted by Gasteiger charge is -2.16. The van der Waals surface area contributed by atoms with Crippen LogP contribution in [0.4, 0.5) is 0 Å². The topological polar surface area (TPSA) is 90.8 Å². The molecule has 0 aliphatic carbocycles. The van der Waals surface area contributed by atoms with E-state index in [2.05, 4.69) is 9.97 Å². The number of fused-ring (bicyclic) bond motifs is 1. The monoisotopic (exact) mass is 467 g/mol. The van der Waals surface area contributed by atoms with Crippen molar-refractivity contribution in [3.05, 3.63) is 65.4 Å². The maximum absolute atomic E-state index is 12.8. The number of carbonyl (C=O) groups excluding carboxylic acids is 1. The van der Waals surface area contributed by atoms with Gasteiger partial charge in [0.1, 0.15) is 11.8 Å². The number of hydrogen-bond donors (Lipinski definition) is 0. The molecule has 1 amide bonds. The van der Waals surface area contributed by atoms with E-state index >= 15 is 0 Å². The van der Waals surface area contributed by atoms with Crippen LogP contribution in [0.2, 0.25) is 0 Å². The summed E-state index contributed by atoms with van der Waals surface area (Å²) >= 11 is 1.37. The summed E-state index contributed by atoms with van der Waals surface area (Å²) in [4.78, 5) is 23.2. The van der Waals surface area contributed by atoms with Gasteiger partial charge in [0, 0.05) is 13.6 Å². The van der Waals surface area contributed by atoms with Crippen LogP contribution in [-0.4, -0.2) is 48.6 Å². The number of likely N-dealkylation sites (N-methyl/N-ethyl adjacent to an activating group) is 1. The Labute approximate surface area is 195 Å². The Morgan fingerprint density at radius 2 is 1.94 bits per heavy atom. The largest absolute Gasteiger partial charge is 0.493 e. The van der Waals surface area contributed by atoms with Crippen LogP contribution in [0.3, 0.4) is 0 Å². The number of hydrogen-bond acceptors (Lipinski definition) is 8. The molecule has 0 N–H and O–H groups in total. The van der Waals surface area contributed by atoms with Crippen molar-refractivity contribution in [2.24, 2.45) is 0 Å². The Morgan fingerprint density at radius 3 is 2.70 bits per heavy atom. The van der Waals surface area contributed by atoms with Crippen LogP contribution in [0.5, 0.6) is 11.5 Å². The highest BCUT2D eigenvalue weighted by atomic mass is 32.2. The van der Waals surface area contributed by atoms with Gasteiger partial charge in [0.25, 0.3) is 11.1 Å². The van der Waals surface area contributed by atoms with E-state index in [9.17, 15) is 4.79 Å². The molecule has 0 saturated heterocycles.